The second-order valence-electron chi connectivity index (χ2n) is 4.29. The highest BCUT2D eigenvalue weighted by Crippen LogP contribution is 2.22. The van der Waals surface area contributed by atoms with E-state index in [2.05, 4.69) is 15.5 Å². The molecule has 8 heteroatoms. The van der Waals surface area contributed by atoms with Crippen molar-refractivity contribution in [3.63, 3.8) is 0 Å². The van der Waals surface area contributed by atoms with Crippen molar-refractivity contribution in [1.82, 2.24) is 15.5 Å². The molecule has 0 saturated carbocycles. The minimum atomic E-state index is -4.28. The van der Waals surface area contributed by atoms with Crippen molar-refractivity contribution in [2.45, 2.75) is 18.8 Å². The summed E-state index contributed by atoms with van der Waals surface area (Å²) in [6.45, 7) is -1.27. The fourth-order valence-corrected chi connectivity index (χ4v) is 1.78. The summed E-state index contributed by atoms with van der Waals surface area (Å²) in [7, 11) is 1.50. The number of hydrogen-bond donors (Lipinski definition) is 1. The number of alkyl halides is 3. The first-order chi connectivity index (χ1) is 9.99. The summed E-state index contributed by atoms with van der Waals surface area (Å²) >= 11 is 0. The van der Waals surface area contributed by atoms with Crippen LogP contribution in [0.1, 0.15) is 23.4 Å². The van der Waals surface area contributed by atoms with Gasteiger partial charge in [-0.2, -0.15) is 18.2 Å². The maximum Gasteiger partial charge on any atom is 0.401 e. The van der Waals surface area contributed by atoms with E-state index in [1.54, 1.807) is 0 Å². The molecule has 0 amide bonds. The number of ether oxygens (including phenoxy) is 1. The highest BCUT2D eigenvalue weighted by atomic mass is 19.4. The lowest BCUT2D eigenvalue weighted by Gasteiger charge is -2.10. The van der Waals surface area contributed by atoms with Crippen LogP contribution in [0.3, 0.4) is 0 Å². The second-order valence-corrected chi connectivity index (χ2v) is 4.29. The van der Waals surface area contributed by atoms with Crippen molar-refractivity contribution in [1.29, 1.82) is 0 Å². The van der Waals surface area contributed by atoms with Crippen LogP contribution in [0.2, 0.25) is 0 Å². The maximum atomic E-state index is 12.0. The van der Waals surface area contributed by atoms with Crippen LogP contribution < -0.4 is 5.32 Å². The Hall–Kier alpha value is -1.93. The highest BCUT2D eigenvalue weighted by molar-refractivity contribution is 5.22. The number of nitrogens with one attached hydrogen (secondary N) is 1. The molecule has 0 fully saturated rings. The van der Waals surface area contributed by atoms with Crippen molar-refractivity contribution >= 4 is 0 Å². The Bertz CT molecular complexity index is 557. The quantitative estimate of drug-likeness (QED) is 0.888. The van der Waals surface area contributed by atoms with E-state index in [1.807, 2.05) is 30.3 Å². The van der Waals surface area contributed by atoms with E-state index in [4.69, 9.17) is 9.26 Å². The number of benzene rings is 1. The van der Waals surface area contributed by atoms with E-state index in [0.717, 1.165) is 5.56 Å². The molecule has 1 unspecified atom stereocenters. The third kappa shape index (κ3) is 4.54. The molecule has 2 rings (SSSR count). The molecule has 0 aliphatic rings. The molecule has 0 aliphatic heterocycles. The van der Waals surface area contributed by atoms with Crippen LogP contribution in [0.25, 0.3) is 0 Å². The van der Waals surface area contributed by atoms with E-state index in [1.165, 1.54) is 7.11 Å². The van der Waals surface area contributed by atoms with Crippen molar-refractivity contribution in [3.8, 4) is 0 Å². The molecule has 1 aromatic heterocycles. The number of methoxy groups -OCH3 is 1. The topological polar surface area (TPSA) is 60.2 Å². The first-order valence-corrected chi connectivity index (χ1v) is 6.17. The standard InChI is InChI=1S/C13H14F3N3O2/c1-20-11(9-5-3-2-4-6-9)12-18-10(21-19-12)7-17-8-13(14,15)16/h2-6,11,17H,7-8H2,1H3. The Morgan fingerprint density at radius 2 is 2.00 bits per heavy atom. The van der Waals surface area contributed by atoms with Crippen LogP contribution in [-0.4, -0.2) is 30.0 Å². The number of halogens is 3. The molecule has 5 nitrogen and oxygen atoms in total. The molecule has 114 valence electrons. The smallest absolute Gasteiger partial charge is 0.369 e. The van der Waals surface area contributed by atoms with E-state index in [0.29, 0.717) is 0 Å². The van der Waals surface area contributed by atoms with Gasteiger partial charge in [0.15, 0.2) is 0 Å². The molecule has 21 heavy (non-hydrogen) atoms. The van der Waals surface area contributed by atoms with Crippen LogP contribution in [0, 0.1) is 0 Å². The zero-order valence-corrected chi connectivity index (χ0v) is 11.2. The summed E-state index contributed by atoms with van der Waals surface area (Å²) in [4.78, 5) is 4.04. The predicted molar refractivity (Wildman–Crippen MR) is 67.4 cm³/mol. The molecule has 0 saturated heterocycles. The Morgan fingerprint density at radius 1 is 1.29 bits per heavy atom. The Balaban J connectivity index is 2.01. The van der Waals surface area contributed by atoms with Crippen LogP contribution in [-0.2, 0) is 11.3 Å². The van der Waals surface area contributed by atoms with Crippen LogP contribution in [0.15, 0.2) is 34.9 Å². The molecular weight excluding hydrogens is 287 g/mol. The van der Waals surface area contributed by atoms with Crippen LogP contribution in [0.5, 0.6) is 0 Å². The first kappa shape index (κ1) is 15.5. The minimum absolute atomic E-state index is 0.0761. The summed E-state index contributed by atoms with van der Waals surface area (Å²) in [5.74, 6) is 0.347. The molecule has 1 N–H and O–H groups in total. The SMILES string of the molecule is COC(c1ccccc1)c1noc(CNCC(F)(F)F)n1. The molecule has 0 aliphatic carbocycles. The summed E-state index contributed by atoms with van der Waals surface area (Å²) < 4.78 is 46.3. The van der Waals surface area contributed by atoms with Gasteiger partial charge in [-0.1, -0.05) is 35.5 Å². The summed E-state index contributed by atoms with van der Waals surface area (Å²) in [6.07, 6.45) is -4.80. The van der Waals surface area contributed by atoms with Crippen LogP contribution >= 0.6 is 0 Å². The zero-order chi connectivity index (χ0) is 15.3. The lowest BCUT2D eigenvalue weighted by molar-refractivity contribution is -0.125. The van der Waals surface area contributed by atoms with Gasteiger partial charge in [0.05, 0.1) is 13.1 Å². The second kappa shape index (κ2) is 6.68. The Kier molecular flexibility index (Phi) is 4.92. The third-order valence-electron chi connectivity index (χ3n) is 2.66. The largest absolute Gasteiger partial charge is 0.401 e. The molecule has 2 aromatic rings. The summed E-state index contributed by atoms with van der Waals surface area (Å²) in [5, 5.41) is 5.94. The van der Waals surface area contributed by atoms with E-state index in [-0.39, 0.29) is 18.3 Å². The van der Waals surface area contributed by atoms with Crippen molar-refractivity contribution in [2.24, 2.45) is 0 Å². The van der Waals surface area contributed by atoms with Gasteiger partial charge in [0.1, 0.15) is 6.10 Å². The van der Waals surface area contributed by atoms with Gasteiger partial charge < -0.3 is 14.6 Å². The molecular formula is C13H14F3N3O2. The highest BCUT2D eigenvalue weighted by Gasteiger charge is 2.27. The first-order valence-electron chi connectivity index (χ1n) is 6.17. The van der Waals surface area contributed by atoms with E-state index >= 15 is 0 Å². The molecule has 1 aromatic carbocycles. The van der Waals surface area contributed by atoms with E-state index < -0.39 is 18.8 Å². The monoisotopic (exact) mass is 301 g/mol. The normalized spacial score (nSPS) is 13.3. The maximum absolute atomic E-state index is 12.0. The van der Waals surface area contributed by atoms with Gasteiger partial charge in [0.2, 0.25) is 11.7 Å². The number of rotatable bonds is 6. The van der Waals surface area contributed by atoms with Gasteiger partial charge in [-0.25, -0.2) is 0 Å². The van der Waals surface area contributed by atoms with Crippen molar-refractivity contribution in [2.75, 3.05) is 13.7 Å². The average molecular weight is 301 g/mol. The molecule has 1 heterocycles. The lowest BCUT2D eigenvalue weighted by Crippen LogP contribution is -2.28. The fraction of sp³-hybridized carbons (Fsp3) is 0.385. The van der Waals surface area contributed by atoms with E-state index in [9.17, 15) is 13.2 Å². The number of nitrogens with zero attached hydrogens (tertiary/aromatic N) is 2. The summed E-state index contributed by atoms with van der Waals surface area (Å²) in [6, 6.07) is 9.22. The van der Waals surface area contributed by atoms with Gasteiger partial charge in [-0.05, 0) is 5.56 Å². The van der Waals surface area contributed by atoms with Crippen molar-refractivity contribution in [3.05, 3.63) is 47.6 Å². The number of aromatic nitrogens is 2. The Morgan fingerprint density at radius 3 is 2.62 bits per heavy atom. The molecule has 0 spiro atoms. The van der Waals surface area contributed by atoms with Gasteiger partial charge in [-0.3, -0.25) is 0 Å². The van der Waals surface area contributed by atoms with Gasteiger partial charge in [0.25, 0.3) is 0 Å². The summed E-state index contributed by atoms with van der Waals surface area (Å²) in [5.41, 5.74) is 0.829. The molecule has 1 atom stereocenters. The minimum Gasteiger partial charge on any atom is -0.369 e. The fourth-order valence-electron chi connectivity index (χ4n) is 1.78. The Labute approximate surface area is 119 Å². The van der Waals surface area contributed by atoms with Crippen LogP contribution in [0.4, 0.5) is 13.2 Å². The van der Waals surface area contributed by atoms with Gasteiger partial charge >= 0.3 is 6.18 Å². The third-order valence-corrected chi connectivity index (χ3v) is 2.66. The van der Waals surface area contributed by atoms with Gasteiger partial charge in [-0.15, -0.1) is 0 Å². The molecule has 0 radical (unpaired) electrons. The van der Waals surface area contributed by atoms with Gasteiger partial charge in [0, 0.05) is 7.11 Å². The molecule has 0 bridgehead atoms. The zero-order valence-electron chi connectivity index (χ0n) is 11.2. The van der Waals surface area contributed by atoms with Crippen molar-refractivity contribution < 1.29 is 22.4 Å². The lowest BCUT2D eigenvalue weighted by atomic mass is 10.1. The number of hydrogen-bond acceptors (Lipinski definition) is 5. The average Bonchev–Trinajstić information content (AvgIpc) is 2.88. The predicted octanol–water partition coefficient (Wildman–Crippen LogP) is 2.46.